The van der Waals surface area contributed by atoms with Gasteiger partial charge in [-0.3, -0.25) is 0 Å². The highest BCUT2D eigenvalue weighted by Crippen LogP contribution is 2.30. The van der Waals surface area contributed by atoms with Crippen molar-refractivity contribution in [2.75, 3.05) is 6.61 Å². The van der Waals surface area contributed by atoms with Crippen molar-refractivity contribution in [1.29, 1.82) is 0 Å². The van der Waals surface area contributed by atoms with Gasteiger partial charge in [-0.1, -0.05) is 6.08 Å². The molecule has 1 aliphatic rings. The highest BCUT2D eigenvalue weighted by Gasteiger charge is 2.49. The van der Waals surface area contributed by atoms with Gasteiger partial charge in [0.15, 0.2) is 0 Å². The first-order chi connectivity index (χ1) is 7.50. The van der Waals surface area contributed by atoms with Crippen LogP contribution in [0.2, 0.25) is 0 Å². The molecule has 5 heteroatoms. The molecule has 1 rings (SSSR count). The molecule has 1 atom stereocenters. The van der Waals surface area contributed by atoms with Crippen LogP contribution in [0.4, 0.5) is 8.78 Å². The molecule has 0 heterocycles. The number of halogens is 2. The van der Waals surface area contributed by atoms with E-state index in [9.17, 15) is 18.7 Å². The van der Waals surface area contributed by atoms with Crippen LogP contribution in [-0.2, 0) is 9.53 Å². The smallest absolute Gasteiger partial charge is 0.380 e. The van der Waals surface area contributed by atoms with Crippen molar-refractivity contribution in [3.63, 3.8) is 0 Å². The third-order valence-corrected chi connectivity index (χ3v) is 2.57. The van der Waals surface area contributed by atoms with E-state index in [1.54, 1.807) is 6.08 Å². The zero-order valence-electron chi connectivity index (χ0n) is 9.21. The quantitative estimate of drug-likeness (QED) is 0.598. The summed E-state index contributed by atoms with van der Waals surface area (Å²) in [6.07, 6.45) is 2.32. The van der Waals surface area contributed by atoms with Gasteiger partial charge >= 0.3 is 11.9 Å². The number of aliphatic hydroxyl groups is 1. The Balaban J connectivity index is 2.73. The lowest BCUT2D eigenvalue weighted by Crippen LogP contribution is -2.44. The summed E-state index contributed by atoms with van der Waals surface area (Å²) in [4.78, 5) is 11.0. The molecule has 3 nitrogen and oxygen atoms in total. The molecule has 16 heavy (non-hydrogen) atoms. The lowest BCUT2D eigenvalue weighted by atomic mass is 9.92. The molecular weight excluding hydrogens is 218 g/mol. The predicted molar refractivity (Wildman–Crippen MR) is 54.1 cm³/mol. The Morgan fingerprint density at radius 1 is 1.62 bits per heavy atom. The summed E-state index contributed by atoms with van der Waals surface area (Å²) in [5.74, 6) is -5.51. The van der Waals surface area contributed by atoms with Gasteiger partial charge in [-0.25, -0.2) is 4.79 Å². The summed E-state index contributed by atoms with van der Waals surface area (Å²) in [6, 6.07) is 0. The van der Waals surface area contributed by atoms with Gasteiger partial charge in [-0.05, 0) is 38.2 Å². The van der Waals surface area contributed by atoms with Gasteiger partial charge < -0.3 is 9.84 Å². The van der Waals surface area contributed by atoms with E-state index in [1.807, 2.05) is 0 Å². The molecule has 0 spiro atoms. The number of rotatable bonds is 4. The van der Waals surface area contributed by atoms with Crippen LogP contribution in [0.3, 0.4) is 0 Å². The Morgan fingerprint density at radius 2 is 2.31 bits per heavy atom. The highest BCUT2D eigenvalue weighted by molar-refractivity contribution is 5.79. The maximum atomic E-state index is 13.4. The fourth-order valence-corrected chi connectivity index (χ4v) is 1.68. The lowest BCUT2D eigenvalue weighted by Gasteiger charge is -2.24. The summed E-state index contributed by atoms with van der Waals surface area (Å²) in [7, 11) is 0. The molecule has 92 valence electrons. The van der Waals surface area contributed by atoms with Gasteiger partial charge in [0, 0.05) is 0 Å². The van der Waals surface area contributed by atoms with Crippen LogP contribution >= 0.6 is 0 Å². The minimum Gasteiger partial charge on any atom is -0.461 e. The Bertz CT molecular complexity index is 287. The molecule has 0 amide bonds. The molecule has 1 N–H and O–H groups in total. The number of carbonyl (C=O) groups is 1. The van der Waals surface area contributed by atoms with Crippen molar-refractivity contribution in [2.24, 2.45) is 0 Å². The Morgan fingerprint density at radius 3 is 2.81 bits per heavy atom. The monoisotopic (exact) mass is 234 g/mol. The topological polar surface area (TPSA) is 46.5 Å². The maximum Gasteiger partial charge on any atom is 0.380 e. The molecule has 1 aliphatic carbocycles. The summed E-state index contributed by atoms with van der Waals surface area (Å²) < 4.78 is 31.1. The van der Waals surface area contributed by atoms with Crippen molar-refractivity contribution >= 4 is 5.97 Å². The molecule has 0 saturated carbocycles. The lowest BCUT2D eigenvalue weighted by molar-refractivity contribution is -0.184. The largest absolute Gasteiger partial charge is 0.461 e. The number of allylic oxidation sites excluding steroid dienone is 1. The van der Waals surface area contributed by atoms with Crippen LogP contribution in [0.1, 0.15) is 32.6 Å². The fourth-order valence-electron chi connectivity index (χ4n) is 1.68. The second-order valence-corrected chi connectivity index (χ2v) is 3.77. The number of ether oxygens (including phenoxy) is 1. The molecule has 1 unspecified atom stereocenters. The normalized spacial score (nSPS) is 18.9. The summed E-state index contributed by atoms with van der Waals surface area (Å²) in [5.41, 5.74) is 0.240. The molecule has 0 saturated heterocycles. The van der Waals surface area contributed by atoms with Gasteiger partial charge in [-0.15, -0.1) is 0 Å². The average molecular weight is 234 g/mol. The fraction of sp³-hybridized carbons (Fsp3) is 0.727. The van der Waals surface area contributed by atoms with E-state index < -0.39 is 18.0 Å². The van der Waals surface area contributed by atoms with Gasteiger partial charge in [0.2, 0.25) is 0 Å². The van der Waals surface area contributed by atoms with Gasteiger partial charge in [0.05, 0.1) is 6.61 Å². The van der Waals surface area contributed by atoms with E-state index in [-0.39, 0.29) is 12.2 Å². The number of hydrogen-bond donors (Lipinski definition) is 1. The van der Waals surface area contributed by atoms with Crippen molar-refractivity contribution in [2.45, 2.75) is 44.6 Å². The van der Waals surface area contributed by atoms with E-state index in [2.05, 4.69) is 4.74 Å². The number of alkyl halides is 2. The zero-order valence-corrected chi connectivity index (χ0v) is 9.21. The average Bonchev–Trinajstić information content (AvgIpc) is 2.29. The molecule has 0 radical (unpaired) electrons. The minimum absolute atomic E-state index is 0.125. The van der Waals surface area contributed by atoms with Crippen LogP contribution in [0.5, 0.6) is 0 Å². The van der Waals surface area contributed by atoms with E-state index in [0.29, 0.717) is 12.8 Å². The van der Waals surface area contributed by atoms with Crippen LogP contribution in [0.25, 0.3) is 0 Å². The molecular formula is C11H16F2O3. The van der Waals surface area contributed by atoms with Crippen molar-refractivity contribution < 1.29 is 23.4 Å². The van der Waals surface area contributed by atoms with E-state index >= 15 is 0 Å². The van der Waals surface area contributed by atoms with Gasteiger partial charge in [0.1, 0.15) is 6.10 Å². The van der Waals surface area contributed by atoms with Crippen LogP contribution in [0, 0.1) is 0 Å². The first-order valence-electron chi connectivity index (χ1n) is 5.42. The summed E-state index contributed by atoms with van der Waals surface area (Å²) in [5, 5.41) is 9.48. The van der Waals surface area contributed by atoms with Crippen LogP contribution in [-0.4, -0.2) is 29.7 Å². The first kappa shape index (κ1) is 13.1. The molecule has 0 bridgehead atoms. The predicted octanol–water partition coefficient (Wildman–Crippen LogP) is 2.05. The minimum atomic E-state index is -3.85. The molecule has 0 aromatic carbocycles. The SMILES string of the molecule is CCOC(=O)C(F)(F)C(O)C1=CCCCC1. The standard InChI is InChI=1S/C11H16F2O3/c1-2-16-10(15)11(12,13)9(14)8-6-4-3-5-7-8/h6,9,14H,2-5,7H2,1H3. The Labute approximate surface area is 93.1 Å². The second kappa shape index (κ2) is 5.39. The van der Waals surface area contributed by atoms with Gasteiger partial charge in [0.25, 0.3) is 0 Å². The second-order valence-electron chi connectivity index (χ2n) is 3.77. The molecule has 0 aromatic heterocycles. The zero-order chi connectivity index (χ0) is 12.2. The Kier molecular flexibility index (Phi) is 4.41. The van der Waals surface area contributed by atoms with Crippen molar-refractivity contribution in [1.82, 2.24) is 0 Å². The number of aliphatic hydroxyl groups excluding tert-OH is 1. The maximum absolute atomic E-state index is 13.4. The summed E-state index contributed by atoms with van der Waals surface area (Å²) in [6.45, 7) is 1.32. The van der Waals surface area contributed by atoms with E-state index in [0.717, 1.165) is 12.8 Å². The number of hydrogen-bond acceptors (Lipinski definition) is 3. The molecule has 0 fully saturated rings. The number of esters is 1. The summed E-state index contributed by atoms with van der Waals surface area (Å²) >= 11 is 0. The molecule has 0 aromatic rings. The third-order valence-electron chi connectivity index (χ3n) is 2.57. The van der Waals surface area contributed by atoms with E-state index in [1.165, 1.54) is 6.92 Å². The van der Waals surface area contributed by atoms with Gasteiger partial charge in [-0.2, -0.15) is 8.78 Å². The van der Waals surface area contributed by atoms with Crippen LogP contribution in [0.15, 0.2) is 11.6 Å². The van der Waals surface area contributed by atoms with Crippen molar-refractivity contribution in [3.8, 4) is 0 Å². The molecule has 0 aliphatic heterocycles. The van der Waals surface area contributed by atoms with E-state index in [4.69, 9.17) is 0 Å². The van der Waals surface area contributed by atoms with Crippen molar-refractivity contribution in [3.05, 3.63) is 11.6 Å². The van der Waals surface area contributed by atoms with Crippen LogP contribution < -0.4 is 0 Å². The number of carbonyl (C=O) groups excluding carboxylic acids is 1. The Hall–Kier alpha value is -0.970. The highest BCUT2D eigenvalue weighted by atomic mass is 19.3. The first-order valence-corrected chi connectivity index (χ1v) is 5.42. The third kappa shape index (κ3) is 2.78.